The maximum Gasteiger partial charge on any atom is 0.363 e. The molecule has 0 aromatic heterocycles. The first-order chi connectivity index (χ1) is 15.9. The SMILES string of the molecule is CCOc1cc(/C=C2\N=C(c3ccc(C)cc3)OC2=O)cc(I)c1OC(=O)c1ccccc1. The quantitative estimate of drug-likeness (QED) is 0.173. The van der Waals surface area contributed by atoms with E-state index in [-0.39, 0.29) is 11.6 Å². The van der Waals surface area contributed by atoms with Crippen molar-refractivity contribution in [1.29, 1.82) is 0 Å². The van der Waals surface area contributed by atoms with Gasteiger partial charge in [-0.15, -0.1) is 0 Å². The number of carbonyl (C=O) groups excluding carboxylic acids is 2. The van der Waals surface area contributed by atoms with Gasteiger partial charge in [-0.25, -0.2) is 14.6 Å². The molecule has 0 aliphatic carbocycles. The largest absolute Gasteiger partial charge is 0.490 e. The van der Waals surface area contributed by atoms with Crippen LogP contribution < -0.4 is 9.47 Å². The van der Waals surface area contributed by atoms with Gasteiger partial charge in [-0.3, -0.25) is 0 Å². The van der Waals surface area contributed by atoms with E-state index >= 15 is 0 Å². The molecule has 0 bridgehead atoms. The van der Waals surface area contributed by atoms with Gasteiger partial charge in [0, 0.05) is 5.56 Å². The summed E-state index contributed by atoms with van der Waals surface area (Å²) in [5.41, 5.74) is 3.12. The summed E-state index contributed by atoms with van der Waals surface area (Å²) in [6.45, 7) is 4.20. The molecule has 0 saturated carbocycles. The first kappa shape index (κ1) is 22.7. The van der Waals surface area contributed by atoms with Crippen molar-refractivity contribution in [3.8, 4) is 11.5 Å². The summed E-state index contributed by atoms with van der Waals surface area (Å²) in [7, 11) is 0. The molecule has 0 N–H and O–H groups in total. The molecule has 0 spiro atoms. The minimum absolute atomic E-state index is 0.179. The summed E-state index contributed by atoms with van der Waals surface area (Å²) in [4.78, 5) is 29.3. The number of aliphatic imine (C=N–C) groups is 1. The molecule has 1 aliphatic rings. The average molecular weight is 553 g/mol. The number of carbonyl (C=O) groups is 2. The summed E-state index contributed by atoms with van der Waals surface area (Å²) < 4.78 is 17.4. The molecule has 1 aliphatic heterocycles. The zero-order valence-corrected chi connectivity index (χ0v) is 20.2. The topological polar surface area (TPSA) is 74.2 Å². The summed E-state index contributed by atoms with van der Waals surface area (Å²) in [6, 6.07) is 19.8. The first-order valence-electron chi connectivity index (χ1n) is 10.3. The Bertz CT molecular complexity index is 1260. The lowest BCUT2D eigenvalue weighted by molar-refractivity contribution is -0.129. The first-order valence-corrected chi connectivity index (χ1v) is 11.4. The van der Waals surface area contributed by atoms with E-state index < -0.39 is 11.9 Å². The van der Waals surface area contributed by atoms with Crippen LogP contribution in [0.4, 0.5) is 0 Å². The molecule has 0 fully saturated rings. The van der Waals surface area contributed by atoms with Gasteiger partial charge in [0.1, 0.15) is 0 Å². The number of esters is 2. The van der Waals surface area contributed by atoms with Crippen LogP contribution in [0.15, 0.2) is 77.4 Å². The second-order valence-corrected chi connectivity index (χ2v) is 8.38. The Hall–Kier alpha value is -3.46. The van der Waals surface area contributed by atoms with Gasteiger partial charge in [0.25, 0.3) is 0 Å². The van der Waals surface area contributed by atoms with Crippen LogP contribution >= 0.6 is 22.6 Å². The number of halogens is 1. The van der Waals surface area contributed by atoms with Crippen molar-refractivity contribution < 1.29 is 23.8 Å². The van der Waals surface area contributed by atoms with Crippen LogP contribution in [0.25, 0.3) is 6.08 Å². The van der Waals surface area contributed by atoms with Gasteiger partial charge < -0.3 is 14.2 Å². The Morgan fingerprint density at radius 1 is 1.09 bits per heavy atom. The monoisotopic (exact) mass is 553 g/mol. The van der Waals surface area contributed by atoms with Gasteiger partial charge in [0.2, 0.25) is 5.90 Å². The fraction of sp³-hybridized carbons (Fsp3) is 0.115. The smallest absolute Gasteiger partial charge is 0.363 e. The number of nitrogens with zero attached hydrogens (tertiary/aromatic N) is 1. The second kappa shape index (κ2) is 9.99. The highest BCUT2D eigenvalue weighted by Gasteiger charge is 2.25. The van der Waals surface area contributed by atoms with Gasteiger partial charge in [-0.05, 0) is 84.5 Å². The maximum atomic E-state index is 12.5. The molecule has 7 heteroatoms. The normalized spacial score (nSPS) is 14.1. The molecule has 0 saturated heterocycles. The Kier molecular flexibility index (Phi) is 6.88. The summed E-state index contributed by atoms with van der Waals surface area (Å²) in [6.07, 6.45) is 1.62. The highest BCUT2D eigenvalue weighted by Crippen LogP contribution is 2.36. The number of aryl methyl sites for hydroxylation is 1. The lowest BCUT2D eigenvalue weighted by Crippen LogP contribution is -2.10. The number of benzene rings is 3. The molecule has 6 nitrogen and oxygen atoms in total. The van der Waals surface area contributed by atoms with Crippen molar-refractivity contribution in [3.05, 3.63) is 98.3 Å². The third-order valence-electron chi connectivity index (χ3n) is 4.76. The van der Waals surface area contributed by atoms with E-state index in [4.69, 9.17) is 14.2 Å². The van der Waals surface area contributed by atoms with Crippen LogP contribution in [-0.4, -0.2) is 24.4 Å². The Morgan fingerprint density at radius 3 is 2.52 bits per heavy atom. The number of ether oxygens (including phenoxy) is 3. The predicted molar refractivity (Wildman–Crippen MR) is 134 cm³/mol. The van der Waals surface area contributed by atoms with E-state index in [1.165, 1.54) is 0 Å². The molecule has 0 unspecified atom stereocenters. The van der Waals surface area contributed by atoms with Crippen molar-refractivity contribution in [2.75, 3.05) is 6.61 Å². The Labute approximate surface area is 205 Å². The molecule has 3 aromatic carbocycles. The van der Waals surface area contributed by atoms with Crippen molar-refractivity contribution in [1.82, 2.24) is 0 Å². The summed E-state index contributed by atoms with van der Waals surface area (Å²) >= 11 is 2.07. The molecule has 0 amide bonds. The van der Waals surface area contributed by atoms with Gasteiger partial charge in [0.05, 0.1) is 15.7 Å². The predicted octanol–water partition coefficient (Wildman–Crippen LogP) is 5.56. The van der Waals surface area contributed by atoms with E-state index in [9.17, 15) is 9.59 Å². The van der Waals surface area contributed by atoms with E-state index in [1.54, 1.807) is 42.5 Å². The van der Waals surface area contributed by atoms with Crippen molar-refractivity contribution >= 4 is 46.5 Å². The number of hydrogen-bond donors (Lipinski definition) is 0. The molecule has 0 atom stereocenters. The van der Waals surface area contributed by atoms with Gasteiger partial charge in [0.15, 0.2) is 17.2 Å². The lowest BCUT2D eigenvalue weighted by Gasteiger charge is -2.13. The van der Waals surface area contributed by atoms with Crippen LogP contribution in [-0.2, 0) is 9.53 Å². The van der Waals surface area contributed by atoms with Crippen LogP contribution in [0.5, 0.6) is 11.5 Å². The maximum absolute atomic E-state index is 12.5. The van der Waals surface area contributed by atoms with E-state index in [0.717, 1.165) is 11.1 Å². The van der Waals surface area contributed by atoms with Gasteiger partial charge >= 0.3 is 11.9 Å². The summed E-state index contributed by atoms with van der Waals surface area (Å²) in [5.74, 6) is -0.0225. The molecule has 3 aromatic rings. The Morgan fingerprint density at radius 2 is 1.82 bits per heavy atom. The molecule has 166 valence electrons. The van der Waals surface area contributed by atoms with Crippen molar-refractivity contribution in [2.24, 2.45) is 4.99 Å². The zero-order chi connectivity index (χ0) is 23.4. The fourth-order valence-corrected chi connectivity index (χ4v) is 3.88. The minimum atomic E-state index is -0.530. The zero-order valence-electron chi connectivity index (χ0n) is 18.0. The van der Waals surface area contributed by atoms with E-state index in [1.807, 2.05) is 44.2 Å². The molecular formula is C26H20INO5. The number of hydrogen-bond acceptors (Lipinski definition) is 6. The van der Waals surface area contributed by atoms with Crippen LogP contribution in [0.2, 0.25) is 0 Å². The Balaban J connectivity index is 1.64. The average Bonchev–Trinajstić information content (AvgIpc) is 3.17. The molecule has 4 rings (SSSR count). The standard InChI is InChI=1S/C26H20INO5/c1-3-31-22-15-17(13-20(27)23(22)32-25(29)19-7-5-4-6-8-19)14-21-26(30)33-24(28-21)18-11-9-16(2)10-12-18/h4-15H,3H2,1-2H3/b21-14-. The number of cyclic esters (lactones) is 1. The van der Waals surface area contributed by atoms with Crippen molar-refractivity contribution in [3.63, 3.8) is 0 Å². The molecule has 0 radical (unpaired) electrons. The van der Waals surface area contributed by atoms with Crippen LogP contribution in [0.1, 0.15) is 34.0 Å². The molecule has 1 heterocycles. The van der Waals surface area contributed by atoms with E-state index in [2.05, 4.69) is 27.6 Å². The lowest BCUT2D eigenvalue weighted by atomic mass is 10.1. The molecular weight excluding hydrogens is 533 g/mol. The molecule has 33 heavy (non-hydrogen) atoms. The highest BCUT2D eigenvalue weighted by molar-refractivity contribution is 14.1. The van der Waals surface area contributed by atoms with Crippen molar-refractivity contribution in [2.45, 2.75) is 13.8 Å². The second-order valence-electron chi connectivity index (χ2n) is 7.22. The van der Waals surface area contributed by atoms with Crippen LogP contribution in [0, 0.1) is 10.5 Å². The number of rotatable bonds is 6. The third kappa shape index (κ3) is 5.31. The highest BCUT2D eigenvalue weighted by atomic mass is 127. The van der Waals surface area contributed by atoms with Gasteiger partial charge in [-0.2, -0.15) is 0 Å². The van der Waals surface area contributed by atoms with E-state index in [0.29, 0.717) is 32.8 Å². The van der Waals surface area contributed by atoms with Gasteiger partial charge in [-0.1, -0.05) is 35.9 Å². The summed E-state index contributed by atoms with van der Waals surface area (Å²) in [5, 5.41) is 0. The third-order valence-corrected chi connectivity index (χ3v) is 5.56. The minimum Gasteiger partial charge on any atom is -0.490 e. The fourth-order valence-electron chi connectivity index (χ4n) is 3.15. The van der Waals surface area contributed by atoms with Crippen LogP contribution in [0.3, 0.4) is 0 Å².